The number of fused-ring (bicyclic) bond motifs is 1. The van der Waals surface area contributed by atoms with Gasteiger partial charge in [0.1, 0.15) is 0 Å². The number of imide groups is 1. The largest absolute Gasteiger partial charge is 0.326 e. The van der Waals surface area contributed by atoms with Crippen molar-refractivity contribution in [2.45, 2.75) is 11.3 Å². The summed E-state index contributed by atoms with van der Waals surface area (Å²) in [5, 5.41) is 3.49. The Labute approximate surface area is 183 Å². The van der Waals surface area contributed by atoms with Crippen molar-refractivity contribution >= 4 is 46.8 Å². The van der Waals surface area contributed by atoms with Gasteiger partial charge in [-0.25, -0.2) is 0 Å². The molecule has 0 aromatic heterocycles. The Balaban J connectivity index is 1.32. The maximum Gasteiger partial charge on any atom is 0.262 e. The van der Waals surface area contributed by atoms with Crippen LogP contribution in [0.25, 0.3) is 0 Å². The lowest BCUT2D eigenvalue weighted by molar-refractivity contribution is -0.115. The molecule has 150 valence electrons. The van der Waals surface area contributed by atoms with Gasteiger partial charge in [0.25, 0.3) is 11.8 Å². The number of hydrogen-bond acceptors (Lipinski definition) is 4. The molecule has 30 heavy (non-hydrogen) atoms. The van der Waals surface area contributed by atoms with Gasteiger partial charge in [-0.15, -0.1) is 11.8 Å². The zero-order valence-corrected chi connectivity index (χ0v) is 17.4. The zero-order chi connectivity index (χ0) is 21.1. The summed E-state index contributed by atoms with van der Waals surface area (Å²) in [5.74, 6) is -0.429. The highest BCUT2D eigenvalue weighted by Gasteiger charge is 2.34. The standard InChI is InChI=1S/C23H17ClN2O3S/c24-16-7-5-15(6-8-16)13-21(27)25-17-9-11-18(12-10-17)30-14-26-22(28)19-3-1-2-4-20(19)23(26)29/h1-12H,13-14H2,(H,25,27). The van der Waals surface area contributed by atoms with Crippen LogP contribution in [0, 0.1) is 0 Å². The molecule has 3 aromatic carbocycles. The summed E-state index contributed by atoms with van der Waals surface area (Å²) in [5.41, 5.74) is 2.45. The second kappa shape index (κ2) is 8.73. The maximum atomic E-state index is 12.4. The summed E-state index contributed by atoms with van der Waals surface area (Å²) in [6.07, 6.45) is 0.257. The van der Waals surface area contributed by atoms with E-state index in [1.165, 1.54) is 16.7 Å². The van der Waals surface area contributed by atoms with Crippen molar-refractivity contribution in [2.75, 3.05) is 11.2 Å². The van der Waals surface area contributed by atoms with Crippen LogP contribution in [0.2, 0.25) is 5.02 Å². The molecule has 1 aliphatic heterocycles. The van der Waals surface area contributed by atoms with Gasteiger partial charge in [0, 0.05) is 15.6 Å². The number of hydrogen-bond donors (Lipinski definition) is 1. The summed E-state index contributed by atoms with van der Waals surface area (Å²) < 4.78 is 0. The minimum atomic E-state index is -0.269. The number of carbonyl (C=O) groups is 3. The minimum Gasteiger partial charge on any atom is -0.326 e. The smallest absolute Gasteiger partial charge is 0.262 e. The highest BCUT2D eigenvalue weighted by molar-refractivity contribution is 7.99. The fraction of sp³-hybridized carbons (Fsp3) is 0.0870. The lowest BCUT2D eigenvalue weighted by Gasteiger charge is -2.13. The van der Waals surface area contributed by atoms with Crippen LogP contribution in [0.1, 0.15) is 26.3 Å². The number of nitrogens with one attached hydrogen (secondary N) is 1. The predicted molar refractivity (Wildman–Crippen MR) is 118 cm³/mol. The van der Waals surface area contributed by atoms with Crippen molar-refractivity contribution in [3.63, 3.8) is 0 Å². The molecule has 1 heterocycles. The fourth-order valence-corrected chi connectivity index (χ4v) is 4.09. The van der Waals surface area contributed by atoms with Crippen molar-refractivity contribution in [2.24, 2.45) is 0 Å². The van der Waals surface area contributed by atoms with Crippen LogP contribution in [0.5, 0.6) is 0 Å². The van der Waals surface area contributed by atoms with Crippen molar-refractivity contribution in [3.8, 4) is 0 Å². The Morgan fingerprint density at radius 3 is 2.07 bits per heavy atom. The third kappa shape index (κ3) is 4.40. The minimum absolute atomic E-state index is 0.122. The Hall–Kier alpha value is -3.09. The van der Waals surface area contributed by atoms with Gasteiger partial charge in [-0.2, -0.15) is 0 Å². The first-order chi connectivity index (χ1) is 14.5. The first-order valence-corrected chi connectivity index (χ1v) is 10.6. The SMILES string of the molecule is O=C(Cc1ccc(Cl)cc1)Nc1ccc(SCN2C(=O)c3ccccc3C2=O)cc1. The molecule has 5 nitrogen and oxygen atoms in total. The number of halogens is 1. The quantitative estimate of drug-likeness (QED) is 0.442. The molecule has 4 rings (SSSR count). The number of thioether (sulfide) groups is 1. The second-order valence-electron chi connectivity index (χ2n) is 6.73. The van der Waals surface area contributed by atoms with Crippen LogP contribution in [-0.4, -0.2) is 28.5 Å². The van der Waals surface area contributed by atoms with Crippen LogP contribution in [0.3, 0.4) is 0 Å². The maximum absolute atomic E-state index is 12.4. The monoisotopic (exact) mass is 436 g/mol. The van der Waals surface area contributed by atoms with E-state index in [9.17, 15) is 14.4 Å². The number of carbonyl (C=O) groups excluding carboxylic acids is 3. The summed E-state index contributed by atoms with van der Waals surface area (Å²) in [4.78, 5) is 39.2. The van der Waals surface area contributed by atoms with Gasteiger partial charge in [-0.05, 0) is 54.1 Å². The van der Waals surface area contributed by atoms with Gasteiger partial charge in [0.15, 0.2) is 0 Å². The molecule has 0 atom stereocenters. The molecule has 0 spiro atoms. The number of benzene rings is 3. The molecule has 0 radical (unpaired) electrons. The van der Waals surface area contributed by atoms with E-state index in [1.807, 2.05) is 24.3 Å². The van der Waals surface area contributed by atoms with Gasteiger partial charge in [0.2, 0.25) is 5.91 Å². The van der Waals surface area contributed by atoms with Crippen LogP contribution in [-0.2, 0) is 11.2 Å². The highest BCUT2D eigenvalue weighted by atomic mass is 35.5. The summed E-state index contributed by atoms with van der Waals surface area (Å²) >= 11 is 7.24. The van der Waals surface area contributed by atoms with Gasteiger partial charge in [-0.3, -0.25) is 19.3 Å². The molecule has 3 amide bonds. The first kappa shape index (κ1) is 20.2. The van der Waals surface area contributed by atoms with Crippen molar-refractivity contribution in [3.05, 3.63) is 94.5 Å². The van der Waals surface area contributed by atoms with Gasteiger partial charge in [-0.1, -0.05) is 35.9 Å². The normalized spacial score (nSPS) is 12.8. The van der Waals surface area contributed by atoms with E-state index in [2.05, 4.69) is 5.32 Å². The van der Waals surface area contributed by atoms with Crippen LogP contribution >= 0.6 is 23.4 Å². The van der Waals surface area contributed by atoms with Crippen LogP contribution in [0.15, 0.2) is 77.7 Å². The summed E-state index contributed by atoms with van der Waals surface area (Å²) in [7, 11) is 0. The molecule has 0 saturated heterocycles. The average molecular weight is 437 g/mol. The molecular weight excluding hydrogens is 420 g/mol. The Bertz CT molecular complexity index is 1080. The lowest BCUT2D eigenvalue weighted by atomic mass is 10.1. The molecular formula is C23H17ClN2O3S. The van der Waals surface area contributed by atoms with Crippen molar-refractivity contribution in [1.82, 2.24) is 4.90 Å². The third-order valence-corrected chi connectivity index (χ3v) is 5.90. The summed E-state index contributed by atoms with van der Waals surface area (Å²) in [6, 6.07) is 21.3. The Kier molecular flexibility index (Phi) is 5.88. The second-order valence-corrected chi connectivity index (χ2v) is 8.19. The molecule has 1 aliphatic rings. The number of nitrogens with zero attached hydrogens (tertiary/aromatic N) is 1. The first-order valence-electron chi connectivity index (χ1n) is 9.23. The number of rotatable bonds is 6. The van der Waals surface area contributed by atoms with Crippen molar-refractivity contribution in [1.29, 1.82) is 0 Å². The predicted octanol–water partition coefficient (Wildman–Crippen LogP) is 4.87. The van der Waals surface area contributed by atoms with Gasteiger partial charge in [0.05, 0.1) is 23.4 Å². The van der Waals surface area contributed by atoms with Crippen LogP contribution in [0.4, 0.5) is 5.69 Å². The third-order valence-electron chi connectivity index (χ3n) is 4.65. The van der Waals surface area contributed by atoms with E-state index in [1.54, 1.807) is 48.5 Å². The van der Waals surface area contributed by atoms with E-state index in [-0.39, 0.29) is 30.0 Å². The molecule has 0 aliphatic carbocycles. The highest BCUT2D eigenvalue weighted by Crippen LogP contribution is 2.27. The number of anilines is 1. The molecule has 7 heteroatoms. The lowest BCUT2D eigenvalue weighted by Crippen LogP contribution is -2.29. The van der Waals surface area contributed by atoms with Crippen molar-refractivity contribution < 1.29 is 14.4 Å². The Morgan fingerprint density at radius 1 is 0.867 bits per heavy atom. The van der Waals surface area contributed by atoms with E-state index >= 15 is 0 Å². The molecule has 0 saturated carbocycles. The van der Waals surface area contributed by atoms with Gasteiger partial charge < -0.3 is 5.32 Å². The zero-order valence-electron chi connectivity index (χ0n) is 15.8. The van der Waals surface area contributed by atoms with Gasteiger partial charge >= 0.3 is 0 Å². The van der Waals surface area contributed by atoms with E-state index in [0.717, 1.165) is 10.5 Å². The topological polar surface area (TPSA) is 66.5 Å². The van der Waals surface area contributed by atoms with E-state index in [0.29, 0.717) is 21.8 Å². The van der Waals surface area contributed by atoms with E-state index < -0.39 is 0 Å². The number of amides is 3. The molecule has 1 N–H and O–H groups in total. The Morgan fingerprint density at radius 2 is 1.47 bits per heavy atom. The average Bonchev–Trinajstić information content (AvgIpc) is 2.99. The molecule has 0 unspecified atom stereocenters. The van der Waals surface area contributed by atoms with E-state index in [4.69, 9.17) is 11.6 Å². The summed E-state index contributed by atoms with van der Waals surface area (Å²) in [6.45, 7) is 0. The molecule has 3 aromatic rings. The van der Waals surface area contributed by atoms with Crippen LogP contribution < -0.4 is 5.32 Å². The molecule has 0 fully saturated rings. The fourth-order valence-electron chi connectivity index (χ4n) is 3.12. The molecule has 0 bridgehead atoms.